The third-order valence-corrected chi connectivity index (χ3v) is 6.07. The van der Waals surface area contributed by atoms with Gasteiger partial charge >= 0.3 is 6.09 Å². The van der Waals surface area contributed by atoms with Crippen LogP contribution in [0.15, 0.2) is 59.7 Å². The van der Waals surface area contributed by atoms with Gasteiger partial charge in [-0.15, -0.1) is 0 Å². The molecule has 0 aliphatic heterocycles. The van der Waals surface area contributed by atoms with Gasteiger partial charge in [0.25, 0.3) is 11.5 Å². The third kappa shape index (κ3) is 6.87. The van der Waals surface area contributed by atoms with Crippen molar-refractivity contribution in [2.75, 3.05) is 10.6 Å². The maximum Gasteiger partial charge on any atom is 0.407 e. The summed E-state index contributed by atoms with van der Waals surface area (Å²) in [5.41, 5.74) is 6.31. The number of primary amides is 1. The number of benzene rings is 1. The fraction of sp³-hybridized carbons (Fsp3) is 0.370. The topological polar surface area (TPSA) is 153 Å². The second-order valence-corrected chi connectivity index (χ2v) is 10.2. The highest BCUT2D eigenvalue weighted by Crippen LogP contribution is 2.25. The average Bonchev–Trinajstić information content (AvgIpc) is 2.85. The largest absolute Gasteiger partial charge is 0.444 e. The lowest BCUT2D eigenvalue weighted by Gasteiger charge is -2.33. The zero-order valence-electron chi connectivity index (χ0n) is 21.7. The van der Waals surface area contributed by atoms with Crippen molar-refractivity contribution >= 4 is 29.5 Å². The summed E-state index contributed by atoms with van der Waals surface area (Å²) in [5.74, 6) is -0.131. The zero-order valence-corrected chi connectivity index (χ0v) is 21.7. The van der Waals surface area contributed by atoms with Crippen LogP contribution in [0.2, 0.25) is 0 Å². The smallest absolute Gasteiger partial charge is 0.407 e. The summed E-state index contributed by atoms with van der Waals surface area (Å²) in [7, 11) is 0. The number of rotatable bonds is 7. The number of carbonyl (C=O) groups excluding carboxylic acids is 2. The number of nitrogens with zero attached hydrogens (tertiary/aromatic N) is 3. The molecule has 2 aromatic heterocycles. The Bertz CT molecular complexity index is 1350. The number of carbonyl (C=O) groups is 2. The van der Waals surface area contributed by atoms with Gasteiger partial charge in [0.2, 0.25) is 5.95 Å². The van der Waals surface area contributed by atoms with Gasteiger partial charge in [-0.25, -0.2) is 9.78 Å². The van der Waals surface area contributed by atoms with Gasteiger partial charge in [-0.1, -0.05) is 18.9 Å². The quantitative estimate of drug-likeness (QED) is 0.368. The minimum absolute atomic E-state index is 0.119. The van der Waals surface area contributed by atoms with Crippen LogP contribution in [0.4, 0.5) is 22.2 Å². The lowest BCUT2D eigenvalue weighted by Crippen LogP contribution is -2.50. The molecule has 0 saturated heterocycles. The van der Waals surface area contributed by atoms with Crippen molar-refractivity contribution in [3.05, 3.63) is 70.8 Å². The highest BCUT2D eigenvalue weighted by Gasteiger charge is 2.29. The van der Waals surface area contributed by atoms with Gasteiger partial charge in [-0.2, -0.15) is 4.98 Å². The fourth-order valence-corrected chi connectivity index (χ4v) is 4.31. The van der Waals surface area contributed by atoms with Crippen LogP contribution < -0.4 is 27.2 Å². The second-order valence-electron chi connectivity index (χ2n) is 10.2. The van der Waals surface area contributed by atoms with E-state index in [1.165, 1.54) is 16.8 Å². The number of pyridine rings is 1. The fourth-order valence-electron chi connectivity index (χ4n) is 4.31. The molecule has 0 unspecified atom stereocenters. The Hall–Kier alpha value is -4.41. The van der Waals surface area contributed by atoms with Gasteiger partial charge in [0.05, 0.1) is 6.04 Å². The van der Waals surface area contributed by atoms with Crippen LogP contribution in [0.3, 0.4) is 0 Å². The van der Waals surface area contributed by atoms with Crippen molar-refractivity contribution in [2.24, 2.45) is 5.73 Å². The van der Waals surface area contributed by atoms with Gasteiger partial charge in [-0.05, 0) is 63.9 Å². The average molecular weight is 520 g/mol. The number of nitrogens with two attached hydrogens (primary N) is 1. The van der Waals surface area contributed by atoms with E-state index in [1.54, 1.807) is 42.6 Å². The monoisotopic (exact) mass is 519 g/mol. The summed E-state index contributed by atoms with van der Waals surface area (Å²) in [6, 6.07) is 11.8. The van der Waals surface area contributed by atoms with Gasteiger partial charge in [-0.3, -0.25) is 14.2 Å². The highest BCUT2D eigenvalue weighted by atomic mass is 16.6. The van der Waals surface area contributed by atoms with E-state index in [0.717, 1.165) is 25.7 Å². The summed E-state index contributed by atoms with van der Waals surface area (Å²) in [6.45, 7) is 5.46. The van der Waals surface area contributed by atoms with Crippen LogP contribution in [0.1, 0.15) is 56.8 Å². The molecule has 0 spiro atoms. The molecule has 11 nitrogen and oxygen atoms in total. The number of nitrogens with one attached hydrogen (secondary N) is 3. The number of hydrogen-bond acceptors (Lipinski definition) is 8. The molecule has 200 valence electrons. The van der Waals surface area contributed by atoms with Crippen molar-refractivity contribution in [3.8, 4) is 5.69 Å². The molecule has 2 atom stereocenters. The predicted molar refractivity (Wildman–Crippen MR) is 145 cm³/mol. The summed E-state index contributed by atoms with van der Waals surface area (Å²) >= 11 is 0. The number of anilines is 3. The maximum atomic E-state index is 12.4. The molecule has 1 aromatic carbocycles. The van der Waals surface area contributed by atoms with Crippen LogP contribution in [-0.2, 0) is 4.74 Å². The molecule has 0 radical (unpaired) electrons. The molecule has 4 rings (SSSR count). The number of alkyl carbamates (subject to hydrolysis) is 1. The molecule has 1 fully saturated rings. The van der Waals surface area contributed by atoms with Crippen molar-refractivity contribution in [1.82, 2.24) is 19.9 Å². The highest BCUT2D eigenvalue weighted by molar-refractivity contribution is 5.98. The van der Waals surface area contributed by atoms with Crippen LogP contribution >= 0.6 is 0 Å². The number of aromatic nitrogens is 3. The molecular formula is C27H33N7O4. The van der Waals surface area contributed by atoms with Crippen molar-refractivity contribution in [3.63, 3.8) is 0 Å². The molecule has 1 aliphatic carbocycles. The van der Waals surface area contributed by atoms with Gasteiger partial charge in [0, 0.05) is 35.9 Å². The summed E-state index contributed by atoms with van der Waals surface area (Å²) in [5, 5.41) is 9.39. The van der Waals surface area contributed by atoms with Gasteiger partial charge in [0.1, 0.15) is 17.0 Å². The lowest BCUT2D eigenvalue weighted by molar-refractivity contribution is 0.0488. The molecule has 38 heavy (non-hydrogen) atoms. The molecular weight excluding hydrogens is 486 g/mol. The summed E-state index contributed by atoms with van der Waals surface area (Å²) < 4.78 is 6.95. The van der Waals surface area contributed by atoms with E-state index in [9.17, 15) is 14.4 Å². The standard InChI is InChI=1S/C27H33N7O4/c1-27(2,3)38-26(37)32-21-9-5-4-8-20(21)31-25-29-16-19(23(28)36)24(33-25)30-17-11-13-18(14-12-17)34-15-7-6-10-22(34)35/h6-7,10-16,20-21H,4-5,8-9H2,1-3H3,(H2,28,36)(H,32,37)(H2,29,30,31,33)/t20-,21+/m1/s1. The van der Waals surface area contributed by atoms with Crippen molar-refractivity contribution < 1.29 is 14.3 Å². The normalized spacial score (nSPS) is 17.3. The Labute approximate surface area is 220 Å². The van der Waals surface area contributed by atoms with E-state index in [0.29, 0.717) is 17.3 Å². The Kier molecular flexibility index (Phi) is 7.94. The van der Waals surface area contributed by atoms with Crippen molar-refractivity contribution in [2.45, 2.75) is 64.1 Å². The van der Waals surface area contributed by atoms with Crippen LogP contribution in [0.5, 0.6) is 0 Å². The van der Waals surface area contributed by atoms with Gasteiger partial charge < -0.3 is 26.4 Å². The van der Waals surface area contributed by atoms with Crippen LogP contribution in [-0.4, -0.2) is 44.2 Å². The second kappa shape index (κ2) is 11.3. The molecule has 1 saturated carbocycles. The molecule has 5 N–H and O–H groups in total. The Morgan fingerprint density at radius 2 is 1.76 bits per heavy atom. The Morgan fingerprint density at radius 3 is 2.42 bits per heavy atom. The summed E-state index contributed by atoms with van der Waals surface area (Å²) in [4.78, 5) is 45.3. The predicted octanol–water partition coefficient (Wildman–Crippen LogP) is 3.72. The van der Waals surface area contributed by atoms with Crippen LogP contribution in [0.25, 0.3) is 5.69 Å². The first-order valence-corrected chi connectivity index (χ1v) is 12.6. The number of ether oxygens (including phenoxy) is 1. The molecule has 2 heterocycles. The maximum absolute atomic E-state index is 12.4. The molecule has 2 amide bonds. The Morgan fingerprint density at radius 1 is 1.05 bits per heavy atom. The summed E-state index contributed by atoms with van der Waals surface area (Å²) in [6.07, 6.45) is 6.17. The third-order valence-electron chi connectivity index (χ3n) is 6.07. The van der Waals surface area contributed by atoms with E-state index in [2.05, 4.69) is 25.9 Å². The minimum Gasteiger partial charge on any atom is -0.444 e. The van der Waals surface area contributed by atoms with Crippen LogP contribution in [0, 0.1) is 0 Å². The van der Waals surface area contributed by atoms with Gasteiger partial charge in [0.15, 0.2) is 0 Å². The van der Waals surface area contributed by atoms with Crippen molar-refractivity contribution in [1.29, 1.82) is 0 Å². The molecule has 0 bridgehead atoms. The molecule has 3 aromatic rings. The van der Waals surface area contributed by atoms with E-state index in [4.69, 9.17) is 10.5 Å². The van der Waals surface area contributed by atoms with E-state index < -0.39 is 17.6 Å². The van der Waals surface area contributed by atoms with E-state index >= 15 is 0 Å². The SMILES string of the molecule is CC(C)(C)OC(=O)N[C@H]1CCCC[C@H]1Nc1ncc(C(N)=O)c(Nc2ccc(-n3ccccc3=O)cc2)n1. The van der Waals surface area contributed by atoms with E-state index in [-0.39, 0.29) is 29.0 Å². The first-order valence-electron chi connectivity index (χ1n) is 12.6. The number of hydrogen-bond donors (Lipinski definition) is 4. The lowest BCUT2D eigenvalue weighted by atomic mass is 9.90. The Balaban J connectivity index is 1.51. The first-order chi connectivity index (χ1) is 18.1. The molecule has 11 heteroatoms. The van der Waals surface area contributed by atoms with E-state index in [1.807, 2.05) is 20.8 Å². The minimum atomic E-state index is -0.673. The molecule has 1 aliphatic rings. The zero-order chi connectivity index (χ0) is 27.3. The first kappa shape index (κ1) is 26.6. The number of amides is 2.